The zero-order valence-electron chi connectivity index (χ0n) is 8.89. The molecule has 0 aromatic carbocycles. The molecule has 3 saturated carbocycles. The third-order valence-corrected chi connectivity index (χ3v) is 5.34. The largest absolute Gasteiger partial charge is 0.0625 e. The molecule has 0 heteroatoms. The molecule has 0 nitrogen and oxygen atoms in total. The lowest BCUT2D eigenvalue weighted by atomic mass is 9.63. The summed E-state index contributed by atoms with van der Waals surface area (Å²) in [6.45, 7) is 2.49. The van der Waals surface area contributed by atoms with E-state index in [0.717, 1.165) is 23.2 Å². The Kier molecular flexibility index (Phi) is 1.76. The first-order valence-corrected chi connectivity index (χ1v) is 6.31. The van der Waals surface area contributed by atoms with Crippen LogP contribution in [0.5, 0.6) is 0 Å². The molecular formula is C13H22. The van der Waals surface area contributed by atoms with Crippen LogP contribution in [0.15, 0.2) is 0 Å². The van der Waals surface area contributed by atoms with Gasteiger partial charge in [0.2, 0.25) is 0 Å². The van der Waals surface area contributed by atoms with E-state index in [0.29, 0.717) is 0 Å². The van der Waals surface area contributed by atoms with Gasteiger partial charge in [0.15, 0.2) is 0 Å². The average Bonchev–Trinajstić information content (AvgIpc) is 2.61. The van der Waals surface area contributed by atoms with Gasteiger partial charge in [-0.25, -0.2) is 0 Å². The van der Waals surface area contributed by atoms with Crippen LogP contribution in [-0.4, -0.2) is 0 Å². The molecule has 0 aromatic rings. The van der Waals surface area contributed by atoms with Crippen molar-refractivity contribution in [2.45, 2.75) is 58.3 Å². The van der Waals surface area contributed by atoms with E-state index in [1.165, 1.54) is 0 Å². The first kappa shape index (κ1) is 8.32. The van der Waals surface area contributed by atoms with Gasteiger partial charge in [-0.2, -0.15) is 0 Å². The highest BCUT2D eigenvalue weighted by Crippen LogP contribution is 2.63. The molecular weight excluding hydrogens is 156 g/mol. The lowest BCUT2D eigenvalue weighted by molar-refractivity contribution is 0.0781. The van der Waals surface area contributed by atoms with Gasteiger partial charge in [0.05, 0.1) is 0 Å². The van der Waals surface area contributed by atoms with Crippen molar-refractivity contribution in [1.29, 1.82) is 0 Å². The Bertz CT molecular complexity index is 208. The number of hydrogen-bond donors (Lipinski definition) is 0. The summed E-state index contributed by atoms with van der Waals surface area (Å²) in [7, 11) is 0. The van der Waals surface area contributed by atoms with Gasteiger partial charge in [0, 0.05) is 0 Å². The number of hydrogen-bond acceptors (Lipinski definition) is 0. The quantitative estimate of drug-likeness (QED) is 0.526. The molecule has 0 bridgehead atoms. The highest BCUT2D eigenvalue weighted by atomic mass is 14.6. The molecule has 0 heterocycles. The Labute approximate surface area is 82.1 Å². The molecule has 13 heavy (non-hydrogen) atoms. The van der Waals surface area contributed by atoms with Crippen LogP contribution in [0.4, 0.5) is 0 Å². The minimum Gasteiger partial charge on any atom is -0.0625 e. The molecule has 0 aliphatic heterocycles. The standard InChI is InChI=1S/C13H22/c1-10-8-12-5-2-4-11-6-3-7-13(11,12)9-10/h10-12H,2-9H2,1H3. The minimum absolute atomic E-state index is 0.873. The first-order valence-electron chi connectivity index (χ1n) is 6.31. The molecule has 4 unspecified atom stereocenters. The van der Waals surface area contributed by atoms with Crippen LogP contribution >= 0.6 is 0 Å². The zero-order chi connectivity index (χ0) is 8.89. The normalized spacial score (nSPS) is 54.7. The Hall–Kier alpha value is 0. The van der Waals surface area contributed by atoms with Crippen LogP contribution in [0.25, 0.3) is 0 Å². The monoisotopic (exact) mass is 178 g/mol. The second-order valence-electron chi connectivity index (χ2n) is 6.00. The van der Waals surface area contributed by atoms with E-state index in [9.17, 15) is 0 Å². The van der Waals surface area contributed by atoms with Crippen LogP contribution < -0.4 is 0 Å². The van der Waals surface area contributed by atoms with Gasteiger partial charge in [-0.05, 0) is 61.7 Å². The lowest BCUT2D eigenvalue weighted by Crippen LogP contribution is -2.33. The fourth-order valence-electron chi connectivity index (χ4n) is 5.04. The number of rotatable bonds is 0. The molecule has 0 saturated heterocycles. The average molecular weight is 178 g/mol. The summed E-state index contributed by atoms with van der Waals surface area (Å²) in [4.78, 5) is 0. The van der Waals surface area contributed by atoms with Gasteiger partial charge in [-0.1, -0.05) is 19.8 Å². The van der Waals surface area contributed by atoms with Gasteiger partial charge in [0.25, 0.3) is 0 Å². The molecule has 1 spiro atoms. The molecule has 3 fully saturated rings. The summed E-state index contributed by atoms with van der Waals surface area (Å²) in [5, 5.41) is 0. The molecule has 4 atom stereocenters. The van der Waals surface area contributed by atoms with Crippen molar-refractivity contribution in [1.82, 2.24) is 0 Å². The van der Waals surface area contributed by atoms with E-state index in [4.69, 9.17) is 0 Å². The smallest absolute Gasteiger partial charge is 0.0238 e. The maximum atomic E-state index is 2.49. The van der Waals surface area contributed by atoms with Gasteiger partial charge in [0.1, 0.15) is 0 Å². The highest BCUT2D eigenvalue weighted by Gasteiger charge is 2.53. The molecule has 3 aliphatic carbocycles. The lowest BCUT2D eigenvalue weighted by Gasteiger charge is -2.42. The van der Waals surface area contributed by atoms with Gasteiger partial charge < -0.3 is 0 Å². The summed E-state index contributed by atoms with van der Waals surface area (Å²) < 4.78 is 0. The highest BCUT2D eigenvalue weighted by molar-refractivity contribution is 5.03. The van der Waals surface area contributed by atoms with E-state index < -0.39 is 0 Å². The molecule has 0 N–H and O–H groups in total. The van der Waals surface area contributed by atoms with Crippen molar-refractivity contribution in [3.05, 3.63) is 0 Å². The predicted molar refractivity (Wildman–Crippen MR) is 55.5 cm³/mol. The predicted octanol–water partition coefficient (Wildman–Crippen LogP) is 4.00. The Morgan fingerprint density at radius 2 is 1.77 bits per heavy atom. The van der Waals surface area contributed by atoms with Crippen molar-refractivity contribution >= 4 is 0 Å². The zero-order valence-corrected chi connectivity index (χ0v) is 8.89. The fraction of sp³-hybridized carbons (Fsp3) is 1.00. The van der Waals surface area contributed by atoms with Crippen LogP contribution in [0.2, 0.25) is 0 Å². The summed E-state index contributed by atoms with van der Waals surface area (Å²) in [6, 6.07) is 0. The molecule has 74 valence electrons. The van der Waals surface area contributed by atoms with Crippen molar-refractivity contribution < 1.29 is 0 Å². The molecule has 0 aromatic heterocycles. The van der Waals surface area contributed by atoms with Crippen LogP contribution in [-0.2, 0) is 0 Å². The van der Waals surface area contributed by atoms with Gasteiger partial charge in [-0.3, -0.25) is 0 Å². The summed E-state index contributed by atoms with van der Waals surface area (Å²) in [6.07, 6.45) is 12.6. The molecule has 0 radical (unpaired) electrons. The van der Waals surface area contributed by atoms with E-state index in [-0.39, 0.29) is 0 Å². The van der Waals surface area contributed by atoms with E-state index in [1.54, 1.807) is 51.4 Å². The molecule has 3 rings (SSSR count). The summed E-state index contributed by atoms with van der Waals surface area (Å²) >= 11 is 0. The molecule has 3 aliphatic rings. The third kappa shape index (κ3) is 1.04. The van der Waals surface area contributed by atoms with Crippen LogP contribution in [0.3, 0.4) is 0 Å². The fourth-order valence-corrected chi connectivity index (χ4v) is 5.04. The van der Waals surface area contributed by atoms with Crippen molar-refractivity contribution in [3.63, 3.8) is 0 Å². The Morgan fingerprint density at radius 3 is 2.69 bits per heavy atom. The topological polar surface area (TPSA) is 0 Å². The van der Waals surface area contributed by atoms with E-state index in [1.807, 2.05) is 0 Å². The van der Waals surface area contributed by atoms with E-state index in [2.05, 4.69) is 6.92 Å². The summed E-state index contributed by atoms with van der Waals surface area (Å²) in [5.41, 5.74) is 0.873. The van der Waals surface area contributed by atoms with Crippen LogP contribution in [0, 0.1) is 23.2 Å². The second kappa shape index (κ2) is 2.74. The third-order valence-electron chi connectivity index (χ3n) is 5.34. The molecule has 0 amide bonds. The van der Waals surface area contributed by atoms with E-state index >= 15 is 0 Å². The van der Waals surface area contributed by atoms with Gasteiger partial charge in [-0.15, -0.1) is 0 Å². The summed E-state index contributed by atoms with van der Waals surface area (Å²) in [5.74, 6) is 3.34. The van der Waals surface area contributed by atoms with Crippen molar-refractivity contribution in [3.8, 4) is 0 Å². The SMILES string of the molecule is CC1CC2CCCC3CCCC32C1. The van der Waals surface area contributed by atoms with Crippen LogP contribution in [0.1, 0.15) is 58.3 Å². The maximum absolute atomic E-state index is 2.49. The van der Waals surface area contributed by atoms with Crippen molar-refractivity contribution in [2.75, 3.05) is 0 Å². The van der Waals surface area contributed by atoms with Gasteiger partial charge >= 0.3 is 0 Å². The maximum Gasteiger partial charge on any atom is -0.0238 e. The van der Waals surface area contributed by atoms with Crippen molar-refractivity contribution in [2.24, 2.45) is 23.2 Å². The minimum atomic E-state index is 0.873. The Morgan fingerprint density at radius 1 is 1.00 bits per heavy atom. The second-order valence-corrected chi connectivity index (χ2v) is 6.00. The Balaban J connectivity index is 1.92. The first-order chi connectivity index (χ1) is 6.31.